The van der Waals surface area contributed by atoms with Crippen molar-refractivity contribution in [2.75, 3.05) is 21.3 Å². The van der Waals surface area contributed by atoms with Crippen LogP contribution in [0.2, 0.25) is 0 Å². The third kappa shape index (κ3) is 4.05. The molecule has 0 radical (unpaired) electrons. The number of ether oxygens (including phenoxy) is 5. The molecule has 3 aromatic rings. The predicted octanol–water partition coefficient (Wildman–Crippen LogP) is 4.91. The van der Waals surface area contributed by atoms with Crippen molar-refractivity contribution >= 4 is 11.9 Å². The Kier molecular flexibility index (Phi) is 5.80. The van der Waals surface area contributed by atoms with Gasteiger partial charge in [0.2, 0.25) is 11.5 Å². The maximum absolute atomic E-state index is 12.8. The van der Waals surface area contributed by atoms with Crippen LogP contribution in [0, 0.1) is 0 Å². The summed E-state index contributed by atoms with van der Waals surface area (Å²) in [7, 11) is 4.61. The second-order valence-corrected chi connectivity index (χ2v) is 6.80. The van der Waals surface area contributed by atoms with Crippen LogP contribution in [0.15, 0.2) is 66.4 Å². The van der Waals surface area contributed by atoms with E-state index in [9.17, 15) is 4.79 Å². The normalized spacial score (nSPS) is 13.5. The van der Waals surface area contributed by atoms with Gasteiger partial charge in [-0.3, -0.25) is 4.79 Å². The Morgan fingerprint density at radius 1 is 0.871 bits per heavy atom. The molecule has 1 heterocycles. The van der Waals surface area contributed by atoms with E-state index in [0.717, 1.165) is 5.56 Å². The number of benzene rings is 3. The molecule has 0 fully saturated rings. The van der Waals surface area contributed by atoms with Gasteiger partial charge in [0.05, 0.1) is 26.9 Å². The van der Waals surface area contributed by atoms with Crippen molar-refractivity contribution in [1.82, 2.24) is 0 Å². The first-order valence-electron chi connectivity index (χ1n) is 9.68. The van der Waals surface area contributed by atoms with E-state index < -0.39 is 0 Å². The minimum Gasteiger partial charge on any atom is -0.493 e. The molecule has 1 aliphatic rings. The van der Waals surface area contributed by atoms with Gasteiger partial charge in [-0.1, -0.05) is 30.3 Å². The monoisotopic (exact) mass is 418 g/mol. The number of ketones is 1. The third-order valence-corrected chi connectivity index (χ3v) is 4.91. The highest BCUT2D eigenvalue weighted by Gasteiger charge is 2.28. The van der Waals surface area contributed by atoms with Crippen molar-refractivity contribution in [3.05, 3.63) is 83.1 Å². The molecule has 4 rings (SSSR count). The van der Waals surface area contributed by atoms with Crippen molar-refractivity contribution in [2.45, 2.75) is 6.61 Å². The smallest absolute Gasteiger partial charge is 0.231 e. The second kappa shape index (κ2) is 8.83. The first kappa shape index (κ1) is 20.3. The summed E-state index contributed by atoms with van der Waals surface area (Å²) in [4.78, 5) is 12.8. The van der Waals surface area contributed by atoms with Gasteiger partial charge in [0.1, 0.15) is 18.1 Å². The Bertz CT molecular complexity index is 1130. The molecule has 0 bridgehead atoms. The molecular formula is C25H22O6. The molecule has 6 nitrogen and oxygen atoms in total. The zero-order chi connectivity index (χ0) is 21.8. The van der Waals surface area contributed by atoms with Crippen LogP contribution in [0.4, 0.5) is 0 Å². The number of Topliss-reactive ketones (excluding diaryl/α,β-unsaturated/α-hetero) is 1. The summed E-state index contributed by atoms with van der Waals surface area (Å²) < 4.78 is 27.9. The van der Waals surface area contributed by atoms with Crippen LogP contribution >= 0.6 is 0 Å². The van der Waals surface area contributed by atoms with Gasteiger partial charge in [-0.05, 0) is 35.9 Å². The van der Waals surface area contributed by atoms with Gasteiger partial charge < -0.3 is 23.7 Å². The van der Waals surface area contributed by atoms with E-state index in [4.69, 9.17) is 23.7 Å². The molecule has 0 atom stereocenters. The number of rotatable bonds is 7. The zero-order valence-electron chi connectivity index (χ0n) is 17.5. The maximum atomic E-state index is 12.8. The molecule has 0 unspecified atom stereocenters. The summed E-state index contributed by atoms with van der Waals surface area (Å²) in [6.07, 6.45) is 1.63. The summed E-state index contributed by atoms with van der Waals surface area (Å²) in [5, 5.41) is 0. The predicted molar refractivity (Wildman–Crippen MR) is 116 cm³/mol. The Labute approximate surface area is 180 Å². The highest BCUT2D eigenvalue weighted by molar-refractivity contribution is 6.14. The van der Waals surface area contributed by atoms with Gasteiger partial charge in [0.15, 0.2) is 17.3 Å². The number of carbonyl (C=O) groups is 1. The van der Waals surface area contributed by atoms with E-state index in [1.165, 1.54) is 14.2 Å². The fraction of sp³-hybridized carbons (Fsp3) is 0.160. The van der Waals surface area contributed by atoms with E-state index in [1.807, 2.05) is 30.3 Å². The van der Waals surface area contributed by atoms with Crippen LogP contribution in [0.5, 0.6) is 28.7 Å². The number of carbonyl (C=O) groups excluding carboxylic acids is 1. The Morgan fingerprint density at radius 2 is 1.65 bits per heavy atom. The number of allylic oxidation sites excluding steroid dienone is 1. The highest BCUT2D eigenvalue weighted by Crippen LogP contribution is 2.42. The van der Waals surface area contributed by atoms with E-state index in [1.54, 1.807) is 43.5 Å². The van der Waals surface area contributed by atoms with E-state index >= 15 is 0 Å². The highest BCUT2D eigenvalue weighted by atomic mass is 16.5. The van der Waals surface area contributed by atoms with Crippen molar-refractivity contribution in [1.29, 1.82) is 0 Å². The molecule has 158 valence electrons. The molecule has 0 N–H and O–H groups in total. The quantitative estimate of drug-likeness (QED) is 0.508. The van der Waals surface area contributed by atoms with Crippen LogP contribution in [0.1, 0.15) is 21.5 Å². The second-order valence-electron chi connectivity index (χ2n) is 6.80. The van der Waals surface area contributed by atoms with Crippen molar-refractivity contribution in [3.63, 3.8) is 0 Å². The lowest BCUT2D eigenvalue weighted by atomic mass is 10.1. The largest absolute Gasteiger partial charge is 0.493 e. The van der Waals surface area contributed by atoms with Crippen molar-refractivity contribution < 1.29 is 28.5 Å². The van der Waals surface area contributed by atoms with E-state index in [0.29, 0.717) is 46.5 Å². The van der Waals surface area contributed by atoms with Crippen LogP contribution < -0.4 is 23.7 Å². The molecule has 0 saturated heterocycles. The first-order chi connectivity index (χ1) is 15.1. The fourth-order valence-corrected chi connectivity index (χ4v) is 3.38. The van der Waals surface area contributed by atoms with Crippen LogP contribution in [-0.4, -0.2) is 27.1 Å². The molecule has 0 aromatic heterocycles. The lowest BCUT2D eigenvalue weighted by Gasteiger charge is -2.14. The Morgan fingerprint density at radius 3 is 2.35 bits per heavy atom. The molecule has 0 saturated carbocycles. The molecule has 6 heteroatoms. The van der Waals surface area contributed by atoms with Crippen molar-refractivity contribution in [2.24, 2.45) is 0 Å². The first-order valence-corrected chi connectivity index (χ1v) is 9.68. The van der Waals surface area contributed by atoms with Gasteiger partial charge in [0, 0.05) is 11.6 Å². The molecule has 3 aromatic carbocycles. The summed E-state index contributed by atoms with van der Waals surface area (Å²) in [5.74, 6) is 2.50. The van der Waals surface area contributed by atoms with Gasteiger partial charge in [-0.15, -0.1) is 0 Å². The van der Waals surface area contributed by atoms with Crippen molar-refractivity contribution in [3.8, 4) is 28.7 Å². The van der Waals surface area contributed by atoms with E-state index in [2.05, 4.69) is 0 Å². The topological polar surface area (TPSA) is 63.2 Å². The molecule has 0 amide bonds. The standard InChI is InChI=1S/C25H22O6/c1-27-20-12-9-17(24(28-2)25(20)29-3)13-22-23(26)19-11-10-18(14-21(19)31-22)30-15-16-7-5-4-6-8-16/h4-14H,15H2,1-3H3/b22-13+. The minimum absolute atomic E-state index is 0.195. The Balaban J connectivity index is 1.58. The average Bonchev–Trinajstić information content (AvgIpc) is 3.12. The SMILES string of the molecule is COc1ccc(/C=C2/Oc3cc(OCc4ccccc4)ccc3C2=O)c(OC)c1OC. The summed E-state index contributed by atoms with van der Waals surface area (Å²) in [5.41, 5.74) is 2.18. The lowest BCUT2D eigenvalue weighted by molar-refractivity contribution is 0.101. The van der Waals surface area contributed by atoms with Gasteiger partial charge >= 0.3 is 0 Å². The number of methoxy groups -OCH3 is 3. The van der Waals surface area contributed by atoms with Gasteiger partial charge in [-0.2, -0.15) is 0 Å². The third-order valence-electron chi connectivity index (χ3n) is 4.91. The van der Waals surface area contributed by atoms with Crippen LogP contribution in [0.3, 0.4) is 0 Å². The summed E-state index contributed by atoms with van der Waals surface area (Å²) >= 11 is 0. The minimum atomic E-state index is -0.207. The zero-order valence-corrected chi connectivity index (χ0v) is 17.5. The molecule has 31 heavy (non-hydrogen) atoms. The number of hydrogen-bond acceptors (Lipinski definition) is 6. The summed E-state index contributed by atoms with van der Waals surface area (Å²) in [6.45, 7) is 0.430. The Hall–Kier alpha value is -3.93. The van der Waals surface area contributed by atoms with Gasteiger partial charge in [-0.25, -0.2) is 0 Å². The van der Waals surface area contributed by atoms with E-state index in [-0.39, 0.29) is 11.5 Å². The molecule has 1 aliphatic heterocycles. The van der Waals surface area contributed by atoms with Gasteiger partial charge in [0.25, 0.3) is 0 Å². The number of hydrogen-bond donors (Lipinski definition) is 0. The molecule has 0 aliphatic carbocycles. The lowest BCUT2D eigenvalue weighted by Crippen LogP contribution is -2.00. The molecular weight excluding hydrogens is 396 g/mol. The number of fused-ring (bicyclic) bond motifs is 1. The van der Waals surface area contributed by atoms with Crippen LogP contribution in [0.25, 0.3) is 6.08 Å². The maximum Gasteiger partial charge on any atom is 0.231 e. The summed E-state index contributed by atoms with van der Waals surface area (Å²) in [6, 6.07) is 18.6. The van der Waals surface area contributed by atoms with Crippen LogP contribution in [-0.2, 0) is 6.61 Å². The molecule has 0 spiro atoms. The average molecular weight is 418 g/mol. The fourth-order valence-electron chi connectivity index (χ4n) is 3.38.